The third-order valence-electron chi connectivity index (χ3n) is 3.00. The molecule has 0 spiro atoms. The minimum Gasteiger partial charge on any atom is -0.452 e. The molecule has 2 aromatic rings. The number of aliphatic hydroxyl groups is 1. The van der Waals surface area contributed by atoms with Gasteiger partial charge in [-0.2, -0.15) is 5.10 Å². The van der Waals surface area contributed by atoms with Gasteiger partial charge in [-0.15, -0.1) is 0 Å². The molecule has 0 saturated carbocycles. The minimum atomic E-state index is -0.726. The summed E-state index contributed by atoms with van der Waals surface area (Å²) in [6, 6.07) is 3.50. The van der Waals surface area contributed by atoms with E-state index in [1.54, 1.807) is 12.1 Å². The number of furan rings is 1. The molecule has 19 heavy (non-hydrogen) atoms. The maximum absolute atomic E-state index is 10.2. The van der Waals surface area contributed by atoms with E-state index in [0.717, 1.165) is 24.4 Å². The summed E-state index contributed by atoms with van der Waals surface area (Å²) in [6.45, 7) is 4.74. The first kappa shape index (κ1) is 14.6. The van der Waals surface area contributed by atoms with Gasteiger partial charge in [-0.05, 0) is 41.4 Å². The summed E-state index contributed by atoms with van der Waals surface area (Å²) < 4.78 is 7.80. The second kappa shape index (κ2) is 6.11. The standard InChI is InChI=1S/C13H16BrClN2O2/c1-3-8-13(15)9(17(4-2)16-8)7-10(18)11-5-6-12(14)19-11/h5-6,10,18H,3-4,7H2,1-2H3. The molecule has 0 bridgehead atoms. The van der Waals surface area contributed by atoms with E-state index in [2.05, 4.69) is 21.0 Å². The van der Waals surface area contributed by atoms with Crippen molar-refractivity contribution in [2.24, 2.45) is 0 Å². The number of aryl methyl sites for hydroxylation is 2. The predicted molar refractivity (Wildman–Crippen MR) is 77.4 cm³/mol. The third kappa shape index (κ3) is 3.04. The van der Waals surface area contributed by atoms with Crippen LogP contribution in [0.5, 0.6) is 0 Å². The highest BCUT2D eigenvalue weighted by atomic mass is 79.9. The minimum absolute atomic E-state index is 0.389. The van der Waals surface area contributed by atoms with Gasteiger partial charge in [-0.1, -0.05) is 18.5 Å². The van der Waals surface area contributed by atoms with Gasteiger partial charge in [-0.25, -0.2) is 0 Å². The van der Waals surface area contributed by atoms with Crippen molar-refractivity contribution in [3.63, 3.8) is 0 Å². The monoisotopic (exact) mass is 346 g/mol. The van der Waals surface area contributed by atoms with Crippen LogP contribution in [0.3, 0.4) is 0 Å². The lowest BCUT2D eigenvalue weighted by atomic mass is 10.1. The Bertz CT molecular complexity index is 565. The molecular formula is C13H16BrClN2O2. The SMILES string of the molecule is CCc1nn(CC)c(CC(O)c2ccc(Br)o2)c1Cl. The third-order valence-corrected chi connectivity index (χ3v) is 3.87. The zero-order valence-corrected chi connectivity index (χ0v) is 13.2. The van der Waals surface area contributed by atoms with Gasteiger partial charge >= 0.3 is 0 Å². The van der Waals surface area contributed by atoms with Crippen molar-refractivity contribution in [1.82, 2.24) is 9.78 Å². The summed E-state index contributed by atoms with van der Waals surface area (Å²) in [7, 11) is 0. The van der Waals surface area contributed by atoms with Gasteiger partial charge in [0.05, 0.1) is 16.4 Å². The Balaban J connectivity index is 2.25. The summed E-state index contributed by atoms with van der Waals surface area (Å²) in [5, 5.41) is 15.3. The van der Waals surface area contributed by atoms with Crippen LogP contribution in [0.4, 0.5) is 0 Å². The van der Waals surface area contributed by atoms with Crippen molar-refractivity contribution in [3.05, 3.63) is 39.0 Å². The fourth-order valence-corrected chi connectivity index (χ4v) is 2.67. The number of rotatable bonds is 5. The Morgan fingerprint density at radius 2 is 2.21 bits per heavy atom. The van der Waals surface area contributed by atoms with Crippen LogP contribution < -0.4 is 0 Å². The highest BCUT2D eigenvalue weighted by molar-refractivity contribution is 9.10. The van der Waals surface area contributed by atoms with Gasteiger partial charge in [0.1, 0.15) is 11.9 Å². The molecule has 2 aromatic heterocycles. The lowest BCUT2D eigenvalue weighted by Gasteiger charge is -2.09. The lowest BCUT2D eigenvalue weighted by Crippen LogP contribution is -2.08. The van der Waals surface area contributed by atoms with Crippen molar-refractivity contribution >= 4 is 27.5 Å². The van der Waals surface area contributed by atoms with Crippen molar-refractivity contribution < 1.29 is 9.52 Å². The van der Waals surface area contributed by atoms with Crippen LogP contribution in [-0.4, -0.2) is 14.9 Å². The molecule has 0 aromatic carbocycles. The molecule has 0 saturated heterocycles. The topological polar surface area (TPSA) is 51.2 Å². The fraction of sp³-hybridized carbons (Fsp3) is 0.462. The van der Waals surface area contributed by atoms with Gasteiger partial charge in [-0.3, -0.25) is 4.68 Å². The molecule has 0 aliphatic rings. The summed E-state index contributed by atoms with van der Waals surface area (Å²) in [5.74, 6) is 0.518. The van der Waals surface area contributed by atoms with Gasteiger partial charge in [0.25, 0.3) is 0 Å². The fourth-order valence-electron chi connectivity index (χ4n) is 2.00. The summed E-state index contributed by atoms with van der Waals surface area (Å²) >= 11 is 9.53. The number of aromatic nitrogens is 2. The van der Waals surface area contributed by atoms with Crippen molar-refractivity contribution in [2.75, 3.05) is 0 Å². The second-order valence-electron chi connectivity index (χ2n) is 4.24. The van der Waals surface area contributed by atoms with Crippen LogP contribution in [0, 0.1) is 0 Å². The number of halogens is 2. The van der Waals surface area contributed by atoms with Crippen molar-refractivity contribution in [1.29, 1.82) is 0 Å². The second-order valence-corrected chi connectivity index (χ2v) is 5.40. The zero-order valence-electron chi connectivity index (χ0n) is 10.9. The molecule has 1 atom stereocenters. The van der Waals surface area contributed by atoms with E-state index in [0.29, 0.717) is 21.9 Å². The Morgan fingerprint density at radius 1 is 1.47 bits per heavy atom. The quantitative estimate of drug-likeness (QED) is 0.896. The molecule has 1 N–H and O–H groups in total. The smallest absolute Gasteiger partial charge is 0.169 e. The van der Waals surface area contributed by atoms with E-state index in [9.17, 15) is 5.11 Å². The van der Waals surface area contributed by atoms with Crippen LogP contribution in [-0.2, 0) is 19.4 Å². The van der Waals surface area contributed by atoms with E-state index in [1.807, 2.05) is 18.5 Å². The Labute approximate surface area is 125 Å². The first-order valence-corrected chi connectivity index (χ1v) is 7.41. The average Bonchev–Trinajstić information content (AvgIpc) is 2.95. The number of hydrogen-bond acceptors (Lipinski definition) is 3. The molecule has 2 rings (SSSR count). The first-order valence-electron chi connectivity index (χ1n) is 6.24. The van der Waals surface area contributed by atoms with Crippen LogP contribution >= 0.6 is 27.5 Å². The molecular weight excluding hydrogens is 332 g/mol. The zero-order chi connectivity index (χ0) is 14.0. The number of aliphatic hydroxyl groups excluding tert-OH is 1. The molecule has 4 nitrogen and oxygen atoms in total. The molecule has 0 amide bonds. The largest absolute Gasteiger partial charge is 0.452 e. The normalized spacial score (nSPS) is 12.9. The molecule has 0 fully saturated rings. The van der Waals surface area contributed by atoms with Crippen LogP contribution in [0.15, 0.2) is 21.2 Å². The summed E-state index contributed by atoms with van der Waals surface area (Å²) in [4.78, 5) is 0. The average molecular weight is 348 g/mol. The predicted octanol–water partition coefficient (Wildman–Crippen LogP) is 3.75. The van der Waals surface area contributed by atoms with Gasteiger partial charge < -0.3 is 9.52 Å². The lowest BCUT2D eigenvalue weighted by molar-refractivity contribution is 0.146. The van der Waals surface area contributed by atoms with Gasteiger partial charge in [0.15, 0.2) is 4.67 Å². The number of hydrogen-bond donors (Lipinski definition) is 1. The summed E-state index contributed by atoms with van der Waals surface area (Å²) in [6.07, 6.45) is 0.441. The van der Waals surface area contributed by atoms with E-state index >= 15 is 0 Å². The van der Waals surface area contributed by atoms with E-state index in [-0.39, 0.29) is 0 Å². The van der Waals surface area contributed by atoms with E-state index in [1.165, 1.54) is 0 Å². The molecule has 0 aliphatic heterocycles. The molecule has 104 valence electrons. The van der Waals surface area contributed by atoms with Crippen molar-refractivity contribution in [3.8, 4) is 0 Å². The summed E-state index contributed by atoms with van der Waals surface area (Å²) in [5.41, 5.74) is 1.72. The van der Waals surface area contributed by atoms with Crippen LogP contribution in [0.1, 0.15) is 37.1 Å². The maximum atomic E-state index is 10.2. The van der Waals surface area contributed by atoms with Crippen molar-refractivity contribution in [2.45, 2.75) is 39.3 Å². The van der Waals surface area contributed by atoms with Crippen LogP contribution in [0.2, 0.25) is 5.02 Å². The highest BCUT2D eigenvalue weighted by Crippen LogP contribution is 2.28. The Morgan fingerprint density at radius 3 is 2.74 bits per heavy atom. The highest BCUT2D eigenvalue weighted by Gasteiger charge is 2.20. The molecule has 1 unspecified atom stereocenters. The molecule has 0 aliphatic carbocycles. The van der Waals surface area contributed by atoms with E-state index in [4.69, 9.17) is 16.0 Å². The maximum Gasteiger partial charge on any atom is 0.169 e. The molecule has 2 heterocycles. The Hall–Kier alpha value is -0.780. The van der Waals surface area contributed by atoms with Crippen LogP contribution in [0.25, 0.3) is 0 Å². The first-order chi connectivity index (χ1) is 9.06. The number of nitrogens with zero attached hydrogens (tertiary/aromatic N) is 2. The molecule has 6 heteroatoms. The molecule has 0 radical (unpaired) electrons. The van der Waals surface area contributed by atoms with Gasteiger partial charge in [0.2, 0.25) is 0 Å². The Kier molecular flexibility index (Phi) is 4.71. The van der Waals surface area contributed by atoms with E-state index < -0.39 is 6.10 Å². The van der Waals surface area contributed by atoms with Gasteiger partial charge in [0, 0.05) is 13.0 Å².